The van der Waals surface area contributed by atoms with Crippen LogP contribution in [-0.4, -0.2) is 11.7 Å². The van der Waals surface area contributed by atoms with Gasteiger partial charge in [0.2, 0.25) is 0 Å². The summed E-state index contributed by atoms with van der Waals surface area (Å²) in [4.78, 5) is 0. The van der Waals surface area contributed by atoms with Crippen molar-refractivity contribution in [2.45, 2.75) is 26.5 Å². The van der Waals surface area contributed by atoms with Crippen molar-refractivity contribution in [1.29, 1.82) is 0 Å². The van der Waals surface area contributed by atoms with Crippen LogP contribution in [0, 0.1) is 5.82 Å². The molecule has 0 aromatic heterocycles. The summed E-state index contributed by atoms with van der Waals surface area (Å²) in [5.41, 5.74) is 1.33. The molecule has 3 nitrogen and oxygen atoms in total. The molecule has 2 rings (SSSR count). The van der Waals surface area contributed by atoms with E-state index in [1.807, 2.05) is 13.8 Å². The van der Waals surface area contributed by atoms with Gasteiger partial charge in [0.1, 0.15) is 17.3 Å². The second-order valence-electron chi connectivity index (χ2n) is 4.84. The Morgan fingerprint density at radius 2 is 1.90 bits per heavy atom. The first kappa shape index (κ1) is 15.5. The van der Waals surface area contributed by atoms with E-state index in [0.29, 0.717) is 17.1 Å². The van der Waals surface area contributed by atoms with E-state index < -0.39 is 0 Å². The van der Waals surface area contributed by atoms with Crippen LogP contribution >= 0.6 is 0 Å². The van der Waals surface area contributed by atoms with Crippen molar-refractivity contribution in [2.24, 2.45) is 0 Å². The van der Waals surface area contributed by atoms with E-state index >= 15 is 0 Å². The third kappa shape index (κ3) is 3.80. The first-order valence-corrected chi connectivity index (χ1v) is 7.05. The zero-order chi connectivity index (χ0) is 15.2. The lowest BCUT2D eigenvalue weighted by atomic mass is 10.1. The minimum absolute atomic E-state index is 0.0110. The quantitative estimate of drug-likeness (QED) is 0.850. The Labute approximate surface area is 124 Å². The summed E-state index contributed by atoms with van der Waals surface area (Å²) in [5, 5.41) is 12.2. The van der Waals surface area contributed by atoms with Crippen LogP contribution in [0.1, 0.15) is 31.0 Å². The molecule has 112 valence electrons. The number of halogens is 1. The van der Waals surface area contributed by atoms with E-state index in [1.54, 1.807) is 36.4 Å². The molecule has 2 aromatic rings. The summed E-state index contributed by atoms with van der Waals surface area (Å²) in [6.07, 6.45) is 0. The highest BCUT2D eigenvalue weighted by molar-refractivity contribution is 5.41. The highest BCUT2D eigenvalue weighted by atomic mass is 19.1. The SMILES string of the molecule is CCNC(C)c1c(F)cccc1Oc1ccc(CO)cc1. The Hall–Kier alpha value is -1.91. The second-order valence-corrected chi connectivity index (χ2v) is 4.84. The Bertz CT molecular complexity index is 584. The van der Waals surface area contributed by atoms with Crippen LogP contribution in [0.15, 0.2) is 42.5 Å². The molecule has 1 atom stereocenters. The normalized spacial score (nSPS) is 12.2. The average molecular weight is 289 g/mol. The molecule has 0 bridgehead atoms. The highest BCUT2D eigenvalue weighted by Gasteiger charge is 2.16. The fourth-order valence-corrected chi connectivity index (χ4v) is 2.22. The van der Waals surface area contributed by atoms with Gasteiger partial charge in [-0.3, -0.25) is 0 Å². The molecule has 2 aromatic carbocycles. The van der Waals surface area contributed by atoms with Gasteiger partial charge in [0.15, 0.2) is 0 Å². The van der Waals surface area contributed by atoms with Gasteiger partial charge >= 0.3 is 0 Å². The molecule has 0 aliphatic carbocycles. The summed E-state index contributed by atoms with van der Waals surface area (Å²) in [5.74, 6) is 0.830. The molecule has 0 aliphatic rings. The molecule has 0 amide bonds. The molecule has 0 aliphatic heterocycles. The van der Waals surface area contributed by atoms with E-state index in [9.17, 15) is 4.39 Å². The zero-order valence-electron chi connectivity index (χ0n) is 12.3. The monoisotopic (exact) mass is 289 g/mol. The summed E-state index contributed by atoms with van der Waals surface area (Å²) >= 11 is 0. The van der Waals surface area contributed by atoms with Crippen LogP contribution in [-0.2, 0) is 6.61 Å². The molecule has 0 radical (unpaired) electrons. The summed E-state index contributed by atoms with van der Waals surface area (Å²) in [6, 6.07) is 11.8. The molecule has 0 saturated carbocycles. The van der Waals surface area contributed by atoms with Crippen molar-refractivity contribution in [2.75, 3.05) is 6.54 Å². The van der Waals surface area contributed by atoms with Gasteiger partial charge in [-0.1, -0.05) is 25.1 Å². The maximum absolute atomic E-state index is 14.1. The fourth-order valence-electron chi connectivity index (χ4n) is 2.22. The molecule has 0 fully saturated rings. The zero-order valence-corrected chi connectivity index (χ0v) is 12.3. The lowest BCUT2D eigenvalue weighted by molar-refractivity contribution is 0.281. The Balaban J connectivity index is 2.28. The number of rotatable bonds is 6. The largest absolute Gasteiger partial charge is 0.457 e. The molecule has 2 N–H and O–H groups in total. The van der Waals surface area contributed by atoms with E-state index in [4.69, 9.17) is 9.84 Å². The minimum atomic E-state index is -0.284. The predicted octanol–water partition coefficient (Wildman–Crippen LogP) is 3.78. The first-order chi connectivity index (χ1) is 10.2. The lowest BCUT2D eigenvalue weighted by Crippen LogP contribution is -2.19. The smallest absolute Gasteiger partial charge is 0.135 e. The van der Waals surface area contributed by atoms with Crippen molar-refractivity contribution >= 4 is 0 Å². The lowest BCUT2D eigenvalue weighted by Gasteiger charge is -2.18. The molecule has 0 heterocycles. The van der Waals surface area contributed by atoms with Gasteiger partial charge in [-0.2, -0.15) is 0 Å². The highest BCUT2D eigenvalue weighted by Crippen LogP contribution is 2.31. The van der Waals surface area contributed by atoms with E-state index in [-0.39, 0.29) is 18.5 Å². The van der Waals surface area contributed by atoms with Gasteiger partial charge < -0.3 is 15.2 Å². The van der Waals surface area contributed by atoms with Crippen molar-refractivity contribution < 1.29 is 14.2 Å². The number of aliphatic hydroxyl groups excluding tert-OH is 1. The number of aliphatic hydroxyl groups is 1. The average Bonchev–Trinajstić information content (AvgIpc) is 2.48. The number of hydrogen-bond donors (Lipinski definition) is 2. The molecular weight excluding hydrogens is 269 g/mol. The molecule has 1 unspecified atom stereocenters. The van der Waals surface area contributed by atoms with Gasteiger partial charge in [-0.15, -0.1) is 0 Å². The maximum Gasteiger partial charge on any atom is 0.135 e. The standard InChI is InChI=1S/C17H20FNO2/c1-3-19-12(2)17-15(18)5-4-6-16(17)21-14-9-7-13(11-20)8-10-14/h4-10,12,19-20H,3,11H2,1-2H3. The first-order valence-electron chi connectivity index (χ1n) is 7.05. The van der Waals surface area contributed by atoms with E-state index in [2.05, 4.69) is 5.32 Å². The molecule has 21 heavy (non-hydrogen) atoms. The number of benzene rings is 2. The minimum Gasteiger partial charge on any atom is -0.457 e. The Morgan fingerprint density at radius 1 is 1.19 bits per heavy atom. The molecular formula is C17H20FNO2. The summed E-state index contributed by atoms with van der Waals surface area (Å²) in [6.45, 7) is 4.62. The predicted molar refractivity (Wildman–Crippen MR) is 80.9 cm³/mol. The number of nitrogens with one attached hydrogen (secondary N) is 1. The molecule has 0 spiro atoms. The fraction of sp³-hybridized carbons (Fsp3) is 0.294. The van der Waals surface area contributed by atoms with Crippen LogP contribution in [0.5, 0.6) is 11.5 Å². The third-order valence-electron chi connectivity index (χ3n) is 3.29. The van der Waals surface area contributed by atoms with Crippen LogP contribution in [0.25, 0.3) is 0 Å². The second kappa shape index (κ2) is 7.20. The van der Waals surface area contributed by atoms with E-state index in [1.165, 1.54) is 6.07 Å². The van der Waals surface area contributed by atoms with Crippen LogP contribution in [0.4, 0.5) is 4.39 Å². The van der Waals surface area contributed by atoms with Crippen molar-refractivity contribution in [3.05, 3.63) is 59.4 Å². The molecule has 4 heteroatoms. The Kier molecular flexibility index (Phi) is 5.31. The maximum atomic E-state index is 14.1. The summed E-state index contributed by atoms with van der Waals surface area (Å²) < 4.78 is 19.9. The van der Waals surface area contributed by atoms with Gasteiger partial charge in [-0.05, 0) is 43.3 Å². The van der Waals surface area contributed by atoms with Gasteiger partial charge in [0.05, 0.1) is 6.61 Å². The van der Waals surface area contributed by atoms with Crippen molar-refractivity contribution in [1.82, 2.24) is 5.32 Å². The Morgan fingerprint density at radius 3 is 2.52 bits per heavy atom. The summed E-state index contributed by atoms with van der Waals surface area (Å²) in [7, 11) is 0. The topological polar surface area (TPSA) is 41.5 Å². The van der Waals surface area contributed by atoms with Crippen LogP contribution < -0.4 is 10.1 Å². The molecule has 0 saturated heterocycles. The van der Waals surface area contributed by atoms with Crippen LogP contribution in [0.2, 0.25) is 0 Å². The van der Waals surface area contributed by atoms with Crippen LogP contribution in [0.3, 0.4) is 0 Å². The number of ether oxygens (including phenoxy) is 1. The number of hydrogen-bond acceptors (Lipinski definition) is 3. The van der Waals surface area contributed by atoms with Gasteiger partial charge in [0.25, 0.3) is 0 Å². The van der Waals surface area contributed by atoms with Gasteiger partial charge in [-0.25, -0.2) is 4.39 Å². The van der Waals surface area contributed by atoms with Crippen molar-refractivity contribution in [3.8, 4) is 11.5 Å². The third-order valence-corrected chi connectivity index (χ3v) is 3.29. The van der Waals surface area contributed by atoms with Crippen molar-refractivity contribution in [3.63, 3.8) is 0 Å². The van der Waals surface area contributed by atoms with Gasteiger partial charge in [0, 0.05) is 11.6 Å². The van der Waals surface area contributed by atoms with E-state index in [0.717, 1.165) is 12.1 Å².